The maximum absolute atomic E-state index is 13.2. The number of rotatable bonds is 3. The Balaban J connectivity index is 1.69. The summed E-state index contributed by atoms with van der Waals surface area (Å²) in [5.41, 5.74) is -1.26. The normalized spacial score (nSPS) is 19.7. The van der Waals surface area contributed by atoms with E-state index in [2.05, 4.69) is 5.32 Å². The number of imide groups is 1. The van der Waals surface area contributed by atoms with Crippen molar-refractivity contribution in [2.75, 3.05) is 0 Å². The van der Waals surface area contributed by atoms with Crippen molar-refractivity contribution in [1.82, 2.24) is 10.2 Å². The van der Waals surface area contributed by atoms with Crippen LogP contribution >= 0.6 is 0 Å². The molecule has 4 rings (SSSR count). The smallest absolute Gasteiger partial charge is 0.319 e. The van der Waals surface area contributed by atoms with Gasteiger partial charge in [-0.15, -0.1) is 0 Å². The van der Waals surface area contributed by atoms with Crippen LogP contribution in [0.2, 0.25) is 0 Å². The Hall–Kier alpha value is -3.35. The first-order valence-electron chi connectivity index (χ1n) is 8.98. The van der Waals surface area contributed by atoms with Crippen molar-refractivity contribution in [1.29, 1.82) is 0 Å². The standard InChI is InChI=1S/C22H17F3N2O2/c1-21(18-11-5-8-15-7-2-3-10-17(15)18)19(28)27(20(29)26-21)13-14-6-4-9-16(12-14)22(23,24)25/h2-12H,13H2,1H3,(H,26,29)/t21-/m0/s1. The Morgan fingerprint density at radius 2 is 1.66 bits per heavy atom. The molecule has 0 bridgehead atoms. The number of benzene rings is 3. The second-order valence-corrected chi connectivity index (χ2v) is 7.17. The van der Waals surface area contributed by atoms with Crippen molar-refractivity contribution in [3.05, 3.63) is 83.4 Å². The van der Waals surface area contributed by atoms with Gasteiger partial charge in [0, 0.05) is 0 Å². The third-order valence-corrected chi connectivity index (χ3v) is 5.20. The summed E-state index contributed by atoms with van der Waals surface area (Å²) in [4.78, 5) is 26.7. The molecule has 3 aromatic carbocycles. The molecule has 1 N–H and O–H groups in total. The van der Waals surface area contributed by atoms with E-state index in [4.69, 9.17) is 0 Å². The summed E-state index contributed by atoms with van der Waals surface area (Å²) in [7, 11) is 0. The highest BCUT2D eigenvalue weighted by atomic mass is 19.4. The zero-order chi connectivity index (χ0) is 20.8. The predicted octanol–water partition coefficient (Wildman–Crippen LogP) is 4.83. The Bertz CT molecular complexity index is 1120. The number of fused-ring (bicyclic) bond motifs is 1. The Kier molecular flexibility index (Phi) is 4.33. The molecule has 3 amide bonds. The van der Waals surface area contributed by atoms with E-state index in [1.165, 1.54) is 12.1 Å². The monoisotopic (exact) mass is 398 g/mol. The first-order valence-corrected chi connectivity index (χ1v) is 8.98. The molecule has 3 aromatic rings. The van der Waals surface area contributed by atoms with E-state index in [0.717, 1.165) is 27.8 Å². The van der Waals surface area contributed by atoms with Crippen molar-refractivity contribution >= 4 is 22.7 Å². The average Bonchev–Trinajstić information content (AvgIpc) is 2.91. The van der Waals surface area contributed by atoms with E-state index in [9.17, 15) is 22.8 Å². The van der Waals surface area contributed by atoms with E-state index >= 15 is 0 Å². The minimum absolute atomic E-state index is 0.227. The van der Waals surface area contributed by atoms with Gasteiger partial charge in [0.1, 0.15) is 5.54 Å². The van der Waals surface area contributed by atoms with E-state index in [0.29, 0.717) is 5.56 Å². The molecule has 29 heavy (non-hydrogen) atoms. The highest BCUT2D eigenvalue weighted by Gasteiger charge is 2.49. The Labute approximate surface area is 164 Å². The van der Waals surface area contributed by atoms with Crippen LogP contribution in [0.4, 0.5) is 18.0 Å². The van der Waals surface area contributed by atoms with Crippen molar-refractivity contribution in [3.8, 4) is 0 Å². The number of carbonyl (C=O) groups is 2. The molecule has 1 aliphatic rings. The van der Waals surface area contributed by atoms with Gasteiger partial charge in [0.05, 0.1) is 12.1 Å². The average molecular weight is 398 g/mol. The fourth-order valence-electron chi connectivity index (χ4n) is 3.71. The number of nitrogens with zero attached hydrogens (tertiary/aromatic N) is 1. The van der Waals surface area contributed by atoms with Crippen molar-refractivity contribution in [2.45, 2.75) is 25.2 Å². The molecular weight excluding hydrogens is 381 g/mol. The molecule has 1 atom stereocenters. The molecule has 0 aromatic heterocycles. The molecule has 0 aliphatic carbocycles. The van der Waals surface area contributed by atoms with Gasteiger partial charge >= 0.3 is 12.2 Å². The van der Waals surface area contributed by atoms with E-state index in [-0.39, 0.29) is 12.1 Å². The molecule has 0 unspecified atom stereocenters. The zero-order valence-corrected chi connectivity index (χ0v) is 15.5. The van der Waals surface area contributed by atoms with Crippen LogP contribution in [0.25, 0.3) is 10.8 Å². The maximum Gasteiger partial charge on any atom is 0.416 e. The molecule has 1 aliphatic heterocycles. The largest absolute Gasteiger partial charge is 0.416 e. The summed E-state index contributed by atoms with van der Waals surface area (Å²) in [5, 5.41) is 4.47. The van der Waals surface area contributed by atoms with Crippen molar-refractivity contribution < 1.29 is 22.8 Å². The predicted molar refractivity (Wildman–Crippen MR) is 102 cm³/mol. The van der Waals surface area contributed by atoms with Crippen LogP contribution in [0.5, 0.6) is 0 Å². The van der Waals surface area contributed by atoms with Crippen LogP contribution in [0.1, 0.15) is 23.6 Å². The van der Waals surface area contributed by atoms with Crippen molar-refractivity contribution in [2.24, 2.45) is 0 Å². The Morgan fingerprint density at radius 3 is 2.41 bits per heavy atom. The van der Waals surface area contributed by atoms with E-state index in [1.807, 2.05) is 30.3 Å². The molecule has 1 saturated heterocycles. The number of hydrogen-bond donors (Lipinski definition) is 1. The summed E-state index contributed by atoms with van der Waals surface area (Å²) in [5.74, 6) is -0.503. The van der Waals surface area contributed by atoms with Crippen LogP contribution in [-0.2, 0) is 23.1 Å². The summed E-state index contributed by atoms with van der Waals surface area (Å²) < 4.78 is 38.9. The summed E-state index contributed by atoms with van der Waals surface area (Å²) in [6.07, 6.45) is -4.50. The number of urea groups is 1. The molecule has 1 fully saturated rings. The van der Waals surface area contributed by atoms with Gasteiger partial charge in [0.25, 0.3) is 5.91 Å². The van der Waals surface area contributed by atoms with Gasteiger partial charge < -0.3 is 5.32 Å². The van der Waals surface area contributed by atoms with Gasteiger partial charge in [0.2, 0.25) is 0 Å². The zero-order valence-electron chi connectivity index (χ0n) is 15.5. The topological polar surface area (TPSA) is 49.4 Å². The Morgan fingerprint density at radius 1 is 0.966 bits per heavy atom. The number of amides is 3. The van der Waals surface area contributed by atoms with Crippen LogP contribution in [0.15, 0.2) is 66.7 Å². The molecule has 0 saturated carbocycles. The SMILES string of the molecule is C[C@@]1(c2cccc3ccccc23)NC(=O)N(Cc2cccc(C(F)(F)F)c2)C1=O. The summed E-state index contributed by atoms with van der Waals surface area (Å²) in [6, 6.07) is 17.0. The van der Waals surface area contributed by atoms with Crippen LogP contribution in [-0.4, -0.2) is 16.8 Å². The van der Waals surface area contributed by atoms with Gasteiger partial charge in [-0.3, -0.25) is 9.69 Å². The maximum atomic E-state index is 13.2. The van der Waals surface area contributed by atoms with Gasteiger partial charge in [-0.1, -0.05) is 54.6 Å². The van der Waals surface area contributed by atoms with Crippen molar-refractivity contribution in [3.63, 3.8) is 0 Å². The number of nitrogens with one attached hydrogen (secondary N) is 1. The second kappa shape index (κ2) is 6.62. The lowest BCUT2D eigenvalue weighted by atomic mass is 9.88. The third kappa shape index (κ3) is 3.22. The first kappa shape index (κ1) is 19.0. The van der Waals surface area contributed by atoms with Gasteiger partial charge in [-0.2, -0.15) is 13.2 Å². The quantitative estimate of drug-likeness (QED) is 0.643. The number of alkyl halides is 3. The van der Waals surface area contributed by atoms with Crippen LogP contribution < -0.4 is 5.32 Å². The first-order chi connectivity index (χ1) is 13.7. The van der Waals surface area contributed by atoms with E-state index in [1.54, 1.807) is 19.1 Å². The number of carbonyl (C=O) groups excluding carboxylic acids is 2. The molecule has 0 spiro atoms. The highest BCUT2D eigenvalue weighted by molar-refractivity contribution is 6.09. The number of hydrogen-bond acceptors (Lipinski definition) is 2. The summed E-state index contributed by atoms with van der Waals surface area (Å²) in [6.45, 7) is 1.37. The lowest BCUT2D eigenvalue weighted by Gasteiger charge is -2.24. The number of halogens is 3. The van der Waals surface area contributed by atoms with Gasteiger partial charge in [0.15, 0.2) is 0 Å². The lowest BCUT2D eigenvalue weighted by Crippen LogP contribution is -2.41. The van der Waals surface area contributed by atoms with Crippen LogP contribution in [0, 0.1) is 0 Å². The highest BCUT2D eigenvalue weighted by Crippen LogP contribution is 2.35. The molecule has 0 radical (unpaired) electrons. The molecule has 1 heterocycles. The van der Waals surface area contributed by atoms with Gasteiger partial charge in [-0.25, -0.2) is 4.79 Å². The van der Waals surface area contributed by atoms with E-state index < -0.39 is 29.2 Å². The minimum atomic E-state index is -4.50. The summed E-state index contributed by atoms with van der Waals surface area (Å²) >= 11 is 0. The molecular formula is C22H17F3N2O2. The fourth-order valence-corrected chi connectivity index (χ4v) is 3.71. The molecule has 4 nitrogen and oxygen atoms in total. The minimum Gasteiger partial charge on any atom is -0.319 e. The third-order valence-electron chi connectivity index (χ3n) is 5.20. The van der Waals surface area contributed by atoms with Crippen LogP contribution in [0.3, 0.4) is 0 Å². The van der Waals surface area contributed by atoms with Gasteiger partial charge in [-0.05, 0) is 41.0 Å². The fraction of sp³-hybridized carbons (Fsp3) is 0.182. The molecule has 7 heteroatoms. The second-order valence-electron chi connectivity index (χ2n) is 7.17. The molecule has 148 valence electrons. The lowest BCUT2D eigenvalue weighted by molar-refractivity contribution is -0.137.